The Bertz CT molecular complexity index is 588. The van der Waals surface area contributed by atoms with E-state index in [2.05, 4.69) is 62.5 Å². The predicted octanol–water partition coefficient (Wildman–Crippen LogP) is 3.73. The van der Waals surface area contributed by atoms with E-state index in [1.54, 1.807) is 0 Å². The fraction of sp³-hybridized carbons (Fsp3) is 0.316. The van der Waals surface area contributed by atoms with Crippen LogP contribution in [-0.2, 0) is 11.2 Å². The fourth-order valence-corrected chi connectivity index (χ4v) is 2.14. The molecule has 2 rings (SSSR count). The van der Waals surface area contributed by atoms with Crippen molar-refractivity contribution in [1.82, 2.24) is 5.32 Å². The van der Waals surface area contributed by atoms with Crippen molar-refractivity contribution in [3.05, 3.63) is 71.3 Å². The maximum absolute atomic E-state index is 12.1. The molecule has 21 heavy (non-hydrogen) atoms. The smallest absolute Gasteiger partial charge is 0.251 e. The Morgan fingerprint density at radius 1 is 1.14 bits per heavy atom. The van der Waals surface area contributed by atoms with Gasteiger partial charge in [0.25, 0.3) is 5.91 Å². The number of amides is 1. The van der Waals surface area contributed by atoms with E-state index in [9.17, 15) is 4.79 Å². The summed E-state index contributed by atoms with van der Waals surface area (Å²) >= 11 is 0. The van der Waals surface area contributed by atoms with Crippen molar-refractivity contribution in [2.75, 3.05) is 6.54 Å². The number of hydrogen-bond acceptors (Lipinski definition) is 1. The lowest BCUT2D eigenvalue weighted by atomic mass is 9.93. The van der Waals surface area contributed by atoms with Crippen LogP contribution in [0, 0.1) is 12.3 Å². The summed E-state index contributed by atoms with van der Waals surface area (Å²) < 4.78 is 0. The molecule has 0 fully saturated rings. The van der Waals surface area contributed by atoms with Crippen molar-refractivity contribution in [1.29, 1.82) is 0 Å². The van der Waals surface area contributed by atoms with Gasteiger partial charge in [0.15, 0.2) is 0 Å². The minimum Gasteiger partial charge on any atom is -0.352 e. The first kappa shape index (κ1) is 15.3. The highest BCUT2D eigenvalue weighted by atomic mass is 16.1. The van der Waals surface area contributed by atoms with Crippen LogP contribution >= 0.6 is 0 Å². The molecule has 0 saturated carbocycles. The molecule has 0 unspecified atom stereocenters. The fourth-order valence-electron chi connectivity index (χ4n) is 2.14. The van der Waals surface area contributed by atoms with E-state index in [-0.39, 0.29) is 11.3 Å². The lowest BCUT2D eigenvalue weighted by Crippen LogP contribution is -2.26. The summed E-state index contributed by atoms with van der Waals surface area (Å²) in [4.78, 5) is 12.1. The van der Waals surface area contributed by atoms with Crippen LogP contribution in [0.4, 0.5) is 0 Å². The molecule has 0 aliphatic heterocycles. The van der Waals surface area contributed by atoms with Crippen molar-refractivity contribution < 1.29 is 4.79 Å². The maximum atomic E-state index is 12.1. The standard InChI is InChI=1S/C19H23NO/c1-15-6-8-16(9-7-15)11-14-20-18(21)17-5-4-12-19(2,3)13-10-17/h4-10,12-13H,11,14H2,1-3H3,(H,20,21). The normalized spacial score (nSPS) is 16.2. The van der Waals surface area contributed by atoms with E-state index in [0.717, 1.165) is 6.42 Å². The minimum absolute atomic E-state index is 0.000425. The second-order valence-corrected chi connectivity index (χ2v) is 6.13. The Morgan fingerprint density at radius 3 is 2.57 bits per heavy atom. The van der Waals surface area contributed by atoms with Crippen molar-refractivity contribution >= 4 is 5.91 Å². The Balaban J connectivity index is 1.86. The zero-order valence-corrected chi connectivity index (χ0v) is 13.0. The van der Waals surface area contributed by atoms with E-state index in [0.29, 0.717) is 12.1 Å². The van der Waals surface area contributed by atoms with Gasteiger partial charge in [0.1, 0.15) is 0 Å². The number of rotatable bonds is 4. The van der Waals surface area contributed by atoms with Crippen molar-refractivity contribution in [3.8, 4) is 0 Å². The Labute approximate surface area is 127 Å². The average Bonchev–Trinajstić information content (AvgIpc) is 2.62. The molecular formula is C19H23NO. The molecule has 0 spiro atoms. The molecule has 0 heterocycles. The van der Waals surface area contributed by atoms with Crippen LogP contribution in [0.25, 0.3) is 0 Å². The molecule has 0 bridgehead atoms. The van der Waals surface area contributed by atoms with Crippen LogP contribution in [-0.4, -0.2) is 12.5 Å². The number of carbonyl (C=O) groups excluding carboxylic acids is 1. The van der Waals surface area contributed by atoms with Crippen LogP contribution in [0.1, 0.15) is 25.0 Å². The third-order valence-electron chi connectivity index (χ3n) is 3.58. The van der Waals surface area contributed by atoms with Gasteiger partial charge in [0.05, 0.1) is 0 Å². The van der Waals surface area contributed by atoms with Crippen LogP contribution in [0.2, 0.25) is 0 Å². The second kappa shape index (κ2) is 6.57. The first-order valence-corrected chi connectivity index (χ1v) is 7.39. The van der Waals surface area contributed by atoms with Gasteiger partial charge in [-0.15, -0.1) is 0 Å². The van der Waals surface area contributed by atoms with E-state index >= 15 is 0 Å². The number of nitrogens with one attached hydrogen (secondary N) is 1. The highest BCUT2D eigenvalue weighted by Gasteiger charge is 2.13. The molecule has 1 aromatic carbocycles. The lowest BCUT2D eigenvalue weighted by molar-refractivity contribution is -0.117. The summed E-state index contributed by atoms with van der Waals surface area (Å²) in [5.74, 6) is -0.0132. The molecular weight excluding hydrogens is 258 g/mol. The van der Waals surface area contributed by atoms with Gasteiger partial charge in [-0.05, 0) is 25.0 Å². The van der Waals surface area contributed by atoms with Gasteiger partial charge in [-0.1, -0.05) is 68.0 Å². The summed E-state index contributed by atoms with van der Waals surface area (Å²) in [5.41, 5.74) is 3.21. The number of carbonyl (C=O) groups is 1. The first-order valence-electron chi connectivity index (χ1n) is 7.39. The van der Waals surface area contributed by atoms with Gasteiger partial charge in [-0.25, -0.2) is 0 Å². The molecule has 1 aliphatic carbocycles. The molecule has 110 valence electrons. The summed E-state index contributed by atoms with van der Waals surface area (Å²) in [5, 5.41) is 2.98. The highest BCUT2D eigenvalue weighted by Crippen LogP contribution is 2.22. The Morgan fingerprint density at radius 2 is 1.86 bits per heavy atom. The van der Waals surface area contributed by atoms with Gasteiger partial charge >= 0.3 is 0 Å². The van der Waals surface area contributed by atoms with Gasteiger partial charge in [0.2, 0.25) is 0 Å². The van der Waals surface area contributed by atoms with Crippen molar-refractivity contribution in [2.45, 2.75) is 27.2 Å². The summed E-state index contributed by atoms with van der Waals surface area (Å²) in [7, 11) is 0. The molecule has 0 atom stereocenters. The third kappa shape index (κ3) is 4.75. The van der Waals surface area contributed by atoms with Gasteiger partial charge in [0, 0.05) is 17.5 Å². The topological polar surface area (TPSA) is 29.1 Å². The van der Waals surface area contributed by atoms with Gasteiger partial charge in [-0.2, -0.15) is 0 Å². The summed E-state index contributed by atoms with van der Waals surface area (Å²) in [6.45, 7) is 6.96. The highest BCUT2D eigenvalue weighted by molar-refractivity contribution is 5.96. The lowest BCUT2D eigenvalue weighted by Gasteiger charge is -2.12. The number of aryl methyl sites for hydroxylation is 1. The summed E-state index contributed by atoms with van der Waals surface area (Å²) in [6, 6.07) is 8.41. The van der Waals surface area contributed by atoms with Gasteiger partial charge < -0.3 is 5.32 Å². The van der Waals surface area contributed by atoms with E-state index in [1.807, 2.05) is 18.2 Å². The van der Waals surface area contributed by atoms with E-state index in [4.69, 9.17) is 0 Å². The maximum Gasteiger partial charge on any atom is 0.251 e. The largest absolute Gasteiger partial charge is 0.352 e. The quantitative estimate of drug-likeness (QED) is 0.895. The van der Waals surface area contributed by atoms with E-state index in [1.165, 1.54) is 11.1 Å². The average molecular weight is 281 g/mol. The zero-order chi connectivity index (χ0) is 15.3. The zero-order valence-electron chi connectivity index (χ0n) is 13.0. The first-order chi connectivity index (χ1) is 9.96. The predicted molar refractivity (Wildman–Crippen MR) is 88.0 cm³/mol. The molecule has 2 nitrogen and oxygen atoms in total. The molecule has 1 aliphatic rings. The van der Waals surface area contributed by atoms with E-state index < -0.39 is 0 Å². The monoisotopic (exact) mass is 281 g/mol. The molecule has 1 aromatic rings. The second-order valence-electron chi connectivity index (χ2n) is 6.13. The molecule has 0 radical (unpaired) electrons. The molecule has 2 heteroatoms. The molecule has 0 saturated heterocycles. The molecule has 1 amide bonds. The minimum atomic E-state index is -0.0132. The van der Waals surface area contributed by atoms with Gasteiger partial charge in [-0.3, -0.25) is 4.79 Å². The Hall–Kier alpha value is -2.09. The SMILES string of the molecule is Cc1ccc(CCNC(=O)C2=CC=CC(C)(C)C=C2)cc1. The summed E-state index contributed by atoms with van der Waals surface area (Å²) in [6.07, 6.45) is 10.7. The van der Waals surface area contributed by atoms with Crippen LogP contribution < -0.4 is 5.32 Å². The Kier molecular flexibility index (Phi) is 4.79. The number of hydrogen-bond donors (Lipinski definition) is 1. The van der Waals surface area contributed by atoms with Crippen LogP contribution in [0.3, 0.4) is 0 Å². The van der Waals surface area contributed by atoms with Crippen molar-refractivity contribution in [3.63, 3.8) is 0 Å². The number of allylic oxidation sites excluding steroid dienone is 4. The van der Waals surface area contributed by atoms with Crippen LogP contribution in [0.15, 0.2) is 60.2 Å². The molecule has 0 aromatic heterocycles. The van der Waals surface area contributed by atoms with Crippen LogP contribution in [0.5, 0.6) is 0 Å². The third-order valence-corrected chi connectivity index (χ3v) is 3.58. The molecule has 1 N–H and O–H groups in total. The van der Waals surface area contributed by atoms with Crippen molar-refractivity contribution in [2.24, 2.45) is 5.41 Å². The number of benzene rings is 1.